The summed E-state index contributed by atoms with van der Waals surface area (Å²) in [5, 5.41) is 7.50. The van der Waals surface area contributed by atoms with Gasteiger partial charge in [-0.3, -0.25) is 0 Å². The summed E-state index contributed by atoms with van der Waals surface area (Å²) in [6.07, 6.45) is 15.0. The zero-order valence-electron chi connectivity index (χ0n) is 27.8. The highest BCUT2D eigenvalue weighted by molar-refractivity contribution is 6.34. The maximum Gasteiger partial charge on any atom is 0.0974 e. The fourth-order valence-corrected chi connectivity index (χ4v) is 8.70. The summed E-state index contributed by atoms with van der Waals surface area (Å²) < 4.78 is 7.44. The van der Waals surface area contributed by atoms with Gasteiger partial charge in [-0.2, -0.15) is 0 Å². The van der Waals surface area contributed by atoms with E-state index in [0.29, 0.717) is 0 Å². The summed E-state index contributed by atoms with van der Waals surface area (Å²) in [7, 11) is 0. The van der Waals surface area contributed by atoms with Crippen LogP contribution in [0.1, 0.15) is 12.8 Å². The van der Waals surface area contributed by atoms with Crippen molar-refractivity contribution in [3.63, 3.8) is 0 Å². The lowest BCUT2D eigenvalue weighted by Gasteiger charge is -2.15. The molecule has 0 fully saturated rings. The van der Waals surface area contributed by atoms with Crippen LogP contribution in [-0.4, -0.2) is 13.7 Å². The van der Waals surface area contributed by atoms with Gasteiger partial charge >= 0.3 is 0 Å². The van der Waals surface area contributed by atoms with E-state index in [1.807, 2.05) is 6.08 Å². The third kappa shape index (κ3) is 3.96. The van der Waals surface area contributed by atoms with Gasteiger partial charge in [-0.15, -0.1) is 0 Å². The molecule has 0 radical (unpaired) electrons. The predicted molar refractivity (Wildman–Crippen MR) is 215 cm³/mol. The number of para-hydroxylation sites is 2. The first-order chi connectivity index (χ1) is 25.4. The first-order valence-corrected chi connectivity index (χ1v) is 17.7. The number of allylic oxidation sites excluding steroid dienone is 8. The van der Waals surface area contributed by atoms with Crippen molar-refractivity contribution >= 4 is 76.8 Å². The Morgan fingerprint density at radius 2 is 1.22 bits per heavy atom. The molecular weight excluding hydrogens is 619 g/mol. The van der Waals surface area contributed by atoms with Crippen LogP contribution >= 0.6 is 0 Å². The Labute approximate surface area is 294 Å². The maximum atomic E-state index is 3.50. The fraction of sp³-hybridized carbons (Fsp3) is 0.0417. The van der Waals surface area contributed by atoms with Gasteiger partial charge in [0.05, 0.1) is 38.8 Å². The Bertz CT molecular complexity index is 3120. The topological polar surface area (TPSA) is 14.8 Å². The number of aromatic nitrogens is 3. The monoisotopic (exact) mass is 649 g/mol. The molecule has 3 heteroatoms. The molecule has 3 nitrogen and oxygen atoms in total. The van der Waals surface area contributed by atoms with Gasteiger partial charge in [0.1, 0.15) is 0 Å². The SMILES string of the molecule is C1=C=C(n2c3cccc(-c4ccccc4)c3c3ccc4c(c5c6c(ccc5n4-c4ccccc4)c4ccccc4n6C4=CC=CCC4)c32)C=CC=1. The van der Waals surface area contributed by atoms with Crippen molar-refractivity contribution in [3.8, 4) is 16.8 Å². The normalized spacial score (nSPS) is 14.2. The molecule has 9 aromatic rings. The first kappa shape index (κ1) is 28.1. The molecule has 0 spiro atoms. The lowest BCUT2D eigenvalue weighted by atomic mass is 9.98. The highest BCUT2D eigenvalue weighted by Gasteiger charge is 2.26. The second-order valence-corrected chi connectivity index (χ2v) is 13.4. The van der Waals surface area contributed by atoms with Crippen LogP contribution in [0.4, 0.5) is 0 Å². The summed E-state index contributed by atoms with van der Waals surface area (Å²) in [6.45, 7) is 0. The smallest absolute Gasteiger partial charge is 0.0974 e. The molecule has 0 atom stereocenters. The standard InChI is InChI=1S/C48H31N3/c1-5-16-32(17-6-1)36-25-15-27-41-44(36)39-29-31-43-46(48(39)51(41)35-22-11-4-12-23-35)45-42(49(43)33-18-7-2-8-19-33)30-28-38-37-24-13-14-26-40(37)50(47(38)45)34-20-9-3-10-21-34/h1-9,11,13-20,22,24-31H,10,21H2. The molecule has 0 amide bonds. The van der Waals surface area contributed by atoms with E-state index >= 15 is 0 Å². The largest absolute Gasteiger partial charge is 0.312 e. The molecule has 51 heavy (non-hydrogen) atoms. The summed E-state index contributed by atoms with van der Waals surface area (Å²) in [6, 6.07) is 46.6. The van der Waals surface area contributed by atoms with Gasteiger partial charge < -0.3 is 13.7 Å². The third-order valence-corrected chi connectivity index (χ3v) is 10.7. The van der Waals surface area contributed by atoms with Gasteiger partial charge in [0.25, 0.3) is 0 Å². The van der Waals surface area contributed by atoms with Crippen molar-refractivity contribution in [1.82, 2.24) is 13.7 Å². The lowest BCUT2D eigenvalue weighted by Crippen LogP contribution is -1.99. The third-order valence-electron chi connectivity index (χ3n) is 10.7. The minimum Gasteiger partial charge on any atom is -0.312 e. The van der Waals surface area contributed by atoms with Crippen LogP contribution < -0.4 is 0 Å². The molecule has 0 saturated heterocycles. The van der Waals surface area contributed by atoms with E-state index < -0.39 is 0 Å². The van der Waals surface area contributed by atoms with Crippen LogP contribution in [-0.2, 0) is 0 Å². The second-order valence-electron chi connectivity index (χ2n) is 13.4. The van der Waals surface area contributed by atoms with E-state index in [9.17, 15) is 0 Å². The van der Waals surface area contributed by atoms with E-state index in [1.165, 1.54) is 76.7 Å². The first-order valence-electron chi connectivity index (χ1n) is 17.7. The van der Waals surface area contributed by atoms with Crippen LogP contribution in [0.3, 0.4) is 0 Å². The minimum atomic E-state index is 0.976. The quantitative estimate of drug-likeness (QED) is 0.169. The molecule has 2 aliphatic rings. The zero-order chi connectivity index (χ0) is 33.5. The molecule has 11 rings (SSSR count). The van der Waals surface area contributed by atoms with Crippen molar-refractivity contribution in [2.24, 2.45) is 0 Å². The van der Waals surface area contributed by atoms with Crippen LogP contribution in [0.5, 0.6) is 0 Å². The lowest BCUT2D eigenvalue weighted by molar-refractivity contribution is 0.980. The van der Waals surface area contributed by atoms with Crippen LogP contribution in [0.2, 0.25) is 0 Å². The van der Waals surface area contributed by atoms with Crippen molar-refractivity contribution < 1.29 is 0 Å². The molecule has 0 unspecified atom stereocenters. The Balaban J connectivity index is 1.45. The van der Waals surface area contributed by atoms with Crippen molar-refractivity contribution in [2.45, 2.75) is 12.8 Å². The van der Waals surface area contributed by atoms with E-state index in [4.69, 9.17) is 0 Å². The Hall–Kier alpha value is -6.76. The van der Waals surface area contributed by atoms with E-state index in [0.717, 1.165) is 29.7 Å². The van der Waals surface area contributed by atoms with Gasteiger partial charge in [0, 0.05) is 43.7 Å². The van der Waals surface area contributed by atoms with Crippen LogP contribution in [0, 0.1) is 0 Å². The fourth-order valence-electron chi connectivity index (χ4n) is 8.70. The molecule has 238 valence electrons. The predicted octanol–water partition coefficient (Wildman–Crippen LogP) is 12.6. The maximum absolute atomic E-state index is 3.50. The highest BCUT2D eigenvalue weighted by atomic mass is 15.0. The van der Waals surface area contributed by atoms with Crippen molar-refractivity contribution in [3.05, 3.63) is 175 Å². The molecule has 0 bridgehead atoms. The van der Waals surface area contributed by atoms with Crippen molar-refractivity contribution in [2.75, 3.05) is 0 Å². The van der Waals surface area contributed by atoms with Crippen molar-refractivity contribution in [1.29, 1.82) is 0 Å². The number of fused-ring (bicyclic) bond motifs is 11. The van der Waals surface area contributed by atoms with Crippen LogP contribution in [0.15, 0.2) is 175 Å². The van der Waals surface area contributed by atoms with Gasteiger partial charge in [0.2, 0.25) is 0 Å². The average Bonchev–Trinajstić information content (AvgIpc) is 3.85. The summed E-state index contributed by atoms with van der Waals surface area (Å²) in [4.78, 5) is 0. The molecule has 3 heterocycles. The molecule has 3 aromatic heterocycles. The van der Waals surface area contributed by atoms with Crippen LogP contribution in [0.25, 0.3) is 93.6 Å². The molecular formula is C48H31N3. The molecule has 2 aliphatic carbocycles. The minimum absolute atomic E-state index is 0.976. The average molecular weight is 650 g/mol. The van der Waals surface area contributed by atoms with E-state index in [2.05, 4.69) is 183 Å². The number of rotatable bonds is 4. The molecule has 6 aromatic carbocycles. The second kappa shape index (κ2) is 10.9. The summed E-state index contributed by atoms with van der Waals surface area (Å²) >= 11 is 0. The highest BCUT2D eigenvalue weighted by Crippen LogP contribution is 2.48. The van der Waals surface area contributed by atoms with E-state index in [-0.39, 0.29) is 0 Å². The number of hydrogen-bond acceptors (Lipinski definition) is 0. The number of benzene rings is 6. The van der Waals surface area contributed by atoms with Gasteiger partial charge in [0.15, 0.2) is 0 Å². The molecule has 0 aliphatic heterocycles. The number of nitrogens with zero attached hydrogens (tertiary/aromatic N) is 3. The Morgan fingerprint density at radius 3 is 1.98 bits per heavy atom. The Morgan fingerprint density at radius 1 is 0.510 bits per heavy atom. The van der Waals surface area contributed by atoms with Gasteiger partial charge in [-0.25, -0.2) is 0 Å². The van der Waals surface area contributed by atoms with Gasteiger partial charge in [-0.05, 0) is 84.3 Å². The zero-order valence-corrected chi connectivity index (χ0v) is 27.8. The molecule has 0 saturated carbocycles. The van der Waals surface area contributed by atoms with E-state index in [1.54, 1.807) is 0 Å². The Kier molecular flexibility index (Phi) is 5.99. The summed E-state index contributed by atoms with van der Waals surface area (Å²) in [5.41, 5.74) is 19.8. The van der Waals surface area contributed by atoms with Gasteiger partial charge in [-0.1, -0.05) is 115 Å². The summed E-state index contributed by atoms with van der Waals surface area (Å²) in [5.74, 6) is 0. The molecule has 0 N–H and O–H groups in total. The number of hydrogen-bond donors (Lipinski definition) is 0.